The van der Waals surface area contributed by atoms with E-state index in [0.29, 0.717) is 0 Å². The van der Waals surface area contributed by atoms with Crippen LogP contribution in [-0.2, 0) is 6.54 Å². The summed E-state index contributed by atoms with van der Waals surface area (Å²) < 4.78 is 0. The molecule has 0 saturated heterocycles. The predicted octanol–water partition coefficient (Wildman–Crippen LogP) is 1.53. The van der Waals surface area contributed by atoms with Crippen LogP contribution in [0.2, 0.25) is 0 Å². The first-order chi connectivity index (χ1) is 5.77. The summed E-state index contributed by atoms with van der Waals surface area (Å²) in [6.45, 7) is 2.86. The minimum atomic E-state index is 0.742. The SMILES string of the molecule is CNCc1cc(C=O)ccc1C. The lowest BCUT2D eigenvalue weighted by atomic mass is 10.1. The highest BCUT2D eigenvalue weighted by Crippen LogP contribution is 2.09. The van der Waals surface area contributed by atoms with E-state index in [4.69, 9.17) is 0 Å². The van der Waals surface area contributed by atoms with Crippen molar-refractivity contribution in [3.63, 3.8) is 0 Å². The first-order valence-corrected chi connectivity index (χ1v) is 3.97. The van der Waals surface area contributed by atoms with Crippen LogP contribution in [0.3, 0.4) is 0 Å². The number of benzene rings is 1. The van der Waals surface area contributed by atoms with Gasteiger partial charge in [0.25, 0.3) is 0 Å². The minimum Gasteiger partial charge on any atom is -0.316 e. The second-order valence-electron chi connectivity index (χ2n) is 2.83. The third-order valence-corrected chi connectivity index (χ3v) is 1.88. The van der Waals surface area contributed by atoms with E-state index in [9.17, 15) is 4.79 Å². The average Bonchev–Trinajstić information content (AvgIpc) is 2.09. The van der Waals surface area contributed by atoms with Gasteiger partial charge in [-0.1, -0.05) is 12.1 Å². The molecule has 2 heteroatoms. The highest BCUT2D eigenvalue weighted by atomic mass is 16.1. The van der Waals surface area contributed by atoms with Crippen LogP contribution in [-0.4, -0.2) is 13.3 Å². The highest BCUT2D eigenvalue weighted by Gasteiger charge is 1.97. The lowest BCUT2D eigenvalue weighted by Gasteiger charge is -2.04. The monoisotopic (exact) mass is 163 g/mol. The van der Waals surface area contributed by atoms with E-state index in [1.165, 1.54) is 11.1 Å². The maximum Gasteiger partial charge on any atom is 0.150 e. The van der Waals surface area contributed by atoms with Crippen molar-refractivity contribution in [1.29, 1.82) is 0 Å². The molecule has 1 aromatic rings. The van der Waals surface area contributed by atoms with E-state index in [0.717, 1.165) is 18.4 Å². The Labute approximate surface area is 72.6 Å². The number of rotatable bonds is 3. The van der Waals surface area contributed by atoms with Crippen LogP contribution in [0.15, 0.2) is 18.2 Å². The molecule has 0 aliphatic carbocycles. The lowest BCUT2D eigenvalue weighted by Crippen LogP contribution is -2.06. The fourth-order valence-electron chi connectivity index (χ4n) is 1.15. The molecule has 0 radical (unpaired) electrons. The van der Waals surface area contributed by atoms with Crippen LogP contribution in [0.25, 0.3) is 0 Å². The molecule has 0 heterocycles. The van der Waals surface area contributed by atoms with E-state index >= 15 is 0 Å². The van der Waals surface area contributed by atoms with Crippen molar-refractivity contribution in [2.45, 2.75) is 13.5 Å². The highest BCUT2D eigenvalue weighted by molar-refractivity contribution is 5.75. The molecule has 0 spiro atoms. The Kier molecular flexibility index (Phi) is 3.00. The molecule has 0 aliphatic heterocycles. The number of nitrogens with one attached hydrogen (secondary N) is 1. The molecule has 2 nitrogen and oxygen atoms in total. The largest absolute Gasteiger partial charge is 0.316 e. The number of aldehydes is 1. The Morgan fingerprint density at radius 3 is 2.83 bits per heavy atom. The summed E-state index contributed by atoms with van der Waals surface area (Å²) in [4.78, 5) is 10.5. The van der Waals surface area contributed by atoms with E-state index in [2.05, 4.69) is 5.32 Å². The first-order valence-electron chi connectivity index (χ1n) is 3.97. The van der Waals surface area contributed by atoms with Gasteiger partial charge < -0.3 is 5.32 Å². The fraction of sp³-hybridized carbons (Fsp3) is 0.300. The van der Waals surface area contributed by atoms with E-state index < -0.39 is 0 Å². The van der Waals surface area contributed by atoms with Crippen molar-refractivity contribution in [3.8, 4) is 0 Å². The van der Waals surface area contributed by atoms with Gasteiger partial charge in [-0.3, -0.25) is 4.79 Å². The quantitative estimate of drug-likeness (QED) is 0.684. The molecule has 12 heavy (non-hydrogen) atoms. The van der Waals surface area contributed by atoms with Gasteiger partial charge in [0.1, 0.15) is 6.29 Å². The van der Waals surface area contributed by atoms with Gasteiger partial charge in [-0.15, -0.1) is 0 Å². The topological polar surface area (TPSA) is 29.1 Å². The predicted molar refractivity (Wildman–Crippen MR) is 49.3 cm³/mol. The van der Waals surface area contributed by atoms with E-state index in [1.54, 1.807) is 0 Å². The Morgan fingerprint density at radius 1 is 1.50 bits per heavy atom. The standard InChI is InChI=1S/C10H13NO/c1-8-3-4-9(7-12)5-10(8)6-11-2/h3-5,7,11H,6H2,1-2H3. The zero-order valence-corrected chi connectivity index (χ0v) is 7.42. The summed E-state index contributed by atoms with van der Waals surface area (Å²) in [7, 11) is 1.90. The Balaban J connectivity index is 2.99. The molecule has 0 fully saturated rings. The van der Waals surface area contributed by atoms with Crippen LogP contribution in [0, 0.1) is 6.92 Å². The van der Waals surface area contributed by atoms with Gasteiger partial charge in [-0.2, -0.15) is 0 Å². The number of carbonyl (C=O) groups excluding carboxylic acids is 1. The van der Waals surface area contributed by atoms with Crippen LogP contribution < -0.4 is 5.32 Å². The van der Waals surface area contributed by atoms with E-state index in [-0.39, 0.29) is 0 Å². The molecule has 0 aromatic heterocycles. The second kappa shape index (κ2) is 4.02. The Morgan fingerprint density at radius 2 is 2.25 bits per heavy atom. The van der Waals surface area contributed by atoms with Gasteiger partial charge >= 0.3 is 0 Å². The molecule has 0 saturated carbocycles. The van der Waals surface area contributed by atoms with Gasteiger partial charge in [0, 0.05) is 12.1 Å². The van der Waals surface area contributed by atoms with Crippen LogP contribution in [0.5, 0.6) is 0 Å². The maximum absolute atomic E-state index is 10.5. The van der Waals surface area contributed by atoms with Crippen molar-refractivity contribution in [2.75, 3.05) is 7.05 Å². The van der Waals surface area contributed by atoms with Crippen molar-refractivity contribution in [3.05, 3.63) is 34.9 Å². The number of hydrogen-bond acceptors (Lipinski definition) is 2. The minimum absolute atomic E-state index is 0.742. The zero-order valence-electron chi connectivity index (χ0n) is 7.42. The summed E-state index contributed by atoms with van der Waals surface area (Å²) in [5.74, 6) is 0. The van der Waals surface area contributed by atoms with Crippen molar-refractivity contribution < 1.29 is 4.79 Å². The number of aryl methyl sites for hydroxylation is 1. The van der Waals surface area contributed by atoms with Gasteiger partial charge in [0.05, 0.1) is 0 Å². The smallest absolute Gasteiger partial charge is 0.150 e. The van der Waals surface area contributed by atoms with Crippen LogP contribution >= 0.6 is 0 Å². The second-order valence-corrected chi connectivity index (χ2v) is 2.83. The molecule has 0 aliphatic rings. The molecular formula is C10H13NO. The average molecular weight is 163 g/mol. The summed E-state index contributed by atoms with van der Waals surface area (Å²) in [6.07, 6.45) is 0.874. The molecule has 0 atom stereocenters. The van der Waals surface area contributed by atoms with Crippen molar-refractivity contribution in [2.24, 2.45) is 0 Å². The van der Waals surface area contributed by atoms with Gasteiger partial charge in [-0.05, 0) is 31.2 Å². The Hall–Kier alpha value is -1.15. The van der Waals surface area contributed by atoms with E-state index in [1.807, 2.05) is 32.2 Å². The van der Waals surface area contributed by atoms with Crippen molar-refractivity contribution >= 4 is 6.29 Å². The molecular weight excluding hydrogens is 150 g/mol. The summed E-state index contributed by atoms with van der Waals surface area (Å²) in [5, 5.41) is 3.06. The molecule has 0 bridgehead atoms. The summed E-state index contributed by atoms with van der Waals surface area (Å²) in [5.41, 5.74) is 3.14. The number of hydrogen-bond donors (Lipinski definition) is 1. The maximum atomic E-state index is 10.5. The molecule has 64 valence electrons. The summed E-state index contributed by atoms with van der Waals surface area (Å²) in [6, 6.07) is 5.72. The molecule has 0 amide bonds. The van der Waals surface area contributed by atoms with Crippen molar-refractivity contribution in [1.82, 2.24) is 5.32 Å². The first kappa shape index (κ1) is 8.94. The van der Waals surface area contributed by atoms with Crippen LogP contribution in [0.1, 0.15) is 21.5 Å². The third-order valence-electron chi connectivity index (χ3n) is 1.88. The normalized spacial score (nSPS) is 9.83. The van der Waals surface area contributed by atoms with Gasteiger partial charge in [0.15, 0.2) is 0 Å². The molecule has 1 aromatic carbocycles. The van der Waals surface area contributed by atoms with Gasteiger partial charge in [0.2, 0.25) is 0 Å². The zero-order chi connectivity index (χ0) is 8.97. The van der Waals surface area contributed by atoms with Gasteiger partial charge in [-0.25, -0.2) is 0 Å². The summed E-state index contributed by atoms with van der Waals surface area (Å²) >= 11 is 0. The molecule has 0 unspecified atom stereocenters. The van der Waals surface area contributed by atoms with Crippen LogP contribution in [0.4, 0.5) is 0 Å². The lowest BCUT2D eigenvalue weighted by molar-refractivity contribution is 0.112. The third kappa shape index (κ3) is 1.92. The molecule has 1 rings (SSSR count). The Bertz CT molecular complexity index is 281. The number of carbonyl (C=O) groups is 1. The molecule has 1 N–H and O–H groups in total. The fourth-order valence-corrected chi connectivity index (χ4v) is 1.15.